The lowest BCUT2D eigenvalue weighted by atomic mass is 9.95. The smallest absolute Gasteiger partial charge is 0.294 e. The molecule has 1 atom stereocenters. The molecule has 156 valence electrons. The first-order valence-corrected chi connectivity index (χ1v) is 10.3. The van der Waals surface area contributed by atoms with Gasteiger partial charge in [-0.3, -0.25) is 19.3 Å². The predicted molar refractivity (Wildman–Crippen MR) is 115 cm³/mol. The van der Waals surface area contributed by atoms with E-state index in [0.717, 1.165) is 5.69 Å². The summed E-state index contributed by atoms with van der Waals surface area (Å²) in [5.41, 5.74) is 1.10. The highest BCUT2D eigenvalue weighted by molar-refractivity contribution is 6.01. The number of para-hydroxylation sites is 2. The van der Waals surface area contributed by atoms with E-state index in [4.69, 9.17) is 0 Å². The van der Waals surface area contributed by atoms with Gasteiger partial charge in [0.15, 0.2) is 5.82 Å². The van der Waals surface area contributed by atoms with E-state index in [0.29, 0.717) is 36.3 Å². The number of carbonyl (C=O) groups excluding carboxylic acids is 2. The van der Waals surface area contributed by atoms with Crippen LogP contribution in [-0.4, -0.2) is 26.6 Å². The number of benzene rings is 2. The van der Waals surface area contributed by atoms with Crippen LogP contribution in [-0.2, 0) is 15.3 Å². The molecule has 2 amide bonds. The second-order valence-corrected chi connectivity index (χ2v) is 7.88. The molecule has 5 rings (SSSR count). The number of carbonyl (C=O) groups is 2. The Morgan fingerprint density at radius 2 is 1.84 bits per heavy atom. The molecule has 0 radical (unpaired) electrons. The van der Waals surface area contributed by atoms with Crippen molar-refractivity contribution in [2.24, 2.45) is 0 Å². The van der Waals surface area contributed by atoms with Crippen LogP contribution in [0.2, 0.25) is 0 Å². The molecular weight excluding hydrogens is 394 g/mol. The van der Waals surface area contributed by atoms with E-state index in [1.54, 1.807) is 16.5 Å². The lowest BCUT2D eigenvalue weighted by Crippen LogP contribution is -2.53. The SMILES string of the molecule is Cc1nn2c(nc1=O)-c1ccccc1N1C(=O)CCC12CCC(=O)Nc1ccccc1. The van der Waals surface area contributed by atoms with Gasteiger partial charge in [-0.25, -0.2) is 4.68 Å². The van der Waals surface area contributed by atoms with E-state index in [9.17, 15) is 14.4 Å². The Kier molecular flexibility index (Phi) is 4.43. The summed E-state index contributed by atoms with van der Waals surface area (Å²) in [6.45, 7) is 1.61. The number of amides is 2. The Morgan fingerprint density at radius 3 is 2.65 bits per heavy atom. The molecular formula is C23H21N5O3. The third kappa shape index (κ3) is 3.02. The molecule has 0 aliphatic carbocycles. The van der Waals surface area contributed by atoms with Gasteiger partial charge in [-0.15, -0.1) is 0 Å². The molecule has 3 aromatic rings. The van der Waals surface area contributed by atoms with E-state index in [1.807, 2.05) is 54.6 Å². The van der Waals surface area contributed by atoms with Gasteiger partial charge in [0, 0.05) is 36.9 Å². The van der Waals surface area contributed by atoms with Crippen molar-refractivity contribution in [3.8, 4) is 11.4 Å². The maximum Gasteiger partial charge on any atom is 0.294 e. The van der Waals surface area contributed by atoms with Gasteiger partial charge in [-0.05, 0) is 31.2 Å². The van der Waals surface area contributed by atoms with Crippen molar-refractivity contribution in [1.82, 2.24) is 14.8 Å². The van der Waals surface area contributed by atoms with Gasteiger partial charge < -0.3 is 5.32 Å². The summed E-state index contributed by atoms with van der Waals surface area (Å²) in [4.78, 5) is 44.0. The molecule has 0 saturated carbocycles. The summed E-state index contributed by atoms with van der Waals surface area (Å²) in [5, 5.41) is 7.43. The van der Waals surface area contributed by atoms with E-state index in [-0.39, 0.29) is 23.9 Å². The number of hydrogen-bond acceptors (Lipinski definition) is 5. The highest BCUT2D eigenvalue weighted by atomic mass is 16.2. The van der Waals surface area contributed by atoms with Crippen LogP contribution in [0.15, 0.2) is 59.4 Å². The number of aryl methyl sites for hydroxylation is 1. The van der Waals surface area contributed by atoms with Crippen LogP contribution in [0.1, 0.15) is 31.4 Å². The largest absolute Gasteiger partial charge is 0.326 e. The van der Waals surface area contributed by atoms with Gasteiger partial charge >= 0.3 is 0 Å². The summed E-state index contributed by atoms with van der Waals surface area (Å²) in [5.74, 6) is 0.256. The molecule has 2 aliphatic rings. The average molecular weight is 415 g/mol. The Bertz CT molecular complexity index is 1250. The van der Waals surface area contributed by atoms with Gasteiger partial charge in [-0.2, -0.15) is 10.1 Å². The number of hydrogen-bond donors (Lipinski definition) is 1. The highest BCUT2D eigenvalue weighted by Crippen LogP contribution is 2.49. The minimum absolute atomic E-state index is 0.0280. The fourth-order valence-corrected chi connectivity index (χ4v) is 4.51. The fraction of sp³-hybridized carbons (Fsp3) is 0.261. The van der Waals surface area contributed by atoms with E-state index in [1.165, 1.54) is 0 Å². The lowest BCUT2D eigenvalue weighted by molar-refractivity contribution is -0.119. The molecule has 31 heavy (non-hydrogen) atoms. The molecule has 1 saturated heterocycles. The van der Waals surface area contributed by atoms with Crippen molar-refractivity contribution in [2.75, 3.05) is 10.2 Å². The Morgan fingerprint density at radius 1 is 1.10 bits per heavy atom. The average Bonchev–Trinajstić information content (AvgIpc) is 3.12. The van der Waals surface area contributed by atoms with Gasteiger partial charge in [0.25, 0.3) is 5.56 Å². The van der Waals surface area contributed by atoms with Crippen molar-refractivity contribution in [3.05, 3.63) is 70.6 Å². The number of anilines is 2. The van der Waals surface area contributed by atoms with Gasteiger partial charge in [0.1, 0.15) is 11.4 Å². The van der Waals surface area contributed by atoms with E-state index in [2.05, 4.69) is 15.4 Å². The summed E-state index contributed by atoms with van der Waals surface area (Å²) in [7, 11) is 0. The van der Waals surface area contributed by atoms with Crippen LogP contribution < -0.4 is 15.8 Å². The molecule has 0 bridgehead atoms. The van der Waals surface area contributed by atoms with E-state index >= 15 is 0 Å². The third-order valence-corrected chi connectivity index (χ3v) is 5.96. The quantitative estimate of drug-likeness (QED) is 0.707. The summed E-state index contributed by atoms with van der Waals surface area (Å²) in [6, 6.07) is 16.6. The molecule has 1 N–H and O–H groups in total. The normalized spacial score (nSPS) is 18.9. The minimum atomic E-state index is -0.875. The molecule has 8 heteroatoms. The minimum Gasteiger partial charge on any atom is -0.326 e. The zero-order valence-corrected chi connectivity index (χ0v) is 17.0. The van der Waals surface area contributed by atoms with Crippen molar-refractivity contribution in [3.63, 3.8) is 0 Å². The van der Waals surface area contributed by atoms with Crippen LogP contribution >= 0.6 is 0 Å². The van der Waals surface area contributed by atoms with Crippen LogP contribution in [0.3, 0.4) is 0 Å². The number of nitrogens with one attached hydrogen (secondary N) is 1. The first kappa shape index (κ1) is 19.2. The van der Waals surface area contributed by atoms with E-state index < -0.39 is 11.2 Å². The maximum absolute atomic E-state index is 13.0. The summed E-state index contributed by atoms with van der Waals surface area (Å²) < 4.78 is 1.69. The monoisotopic (exact) mass is 415 g/mol. The molecule has 1 fully saturated rings. The first-order valence-electron chi connectivity index (χ1n) is 10.3. The first-order chi connectivity index (χ1) is 15.0. The molecule has 2 aliphatic heterocycles. The number of rotatable bonds is 4. The topological polar surface area (TPSA) is 97.2 Å². The molecule has 3 heterocycles. The highest BCUT2D eigenvalue weighted by Gasteiger charge is 2.52. The van der Waals surface area contributed by atoms with Crippen LogP contribution in [0.4, 0.5) is 11.4 Å². The number of fused-ring (bicyclic) bond motifs is 6. The summed E-state index contributed by atoms with van der Waals surface area (Å²) in [6.07, 6.45) is 1.37. The molecule has 0 spiro atoms. The number of aromatic nitrogens is 3. The van der Waals surface area contributed by atoms with Crippen molar-refractivity contribution < 1.29 is 9.59 Å². The van der Waals surface area contributed by atoms with Crippen LogP contribution in [0, 0.1) is 6.92 Å². The van der Waals surface area contributed by atoms with Crippen molar-refractivity contribution in [2.45, 2.75) is 38.3 Å². The van der Waals surface area contributed by atoms with Crippen LogP contribution in [0.5, 0.6) is 0 Å². The second-order valence-electron chi connectivity index (χ2n) is 7.88. The maximum atomic E-state index is 13.0. The van der Waals surface area contributed by atoms with Gasteiger partial charge in [-0.1, -0.05) is 30.3 Å². The number of nitrogens with zero attached hydrogens (tertiary/aromatic N) is 4. The van der Waals surface area contributed by atoms with Crippen molar-refractivity contribution in [1.29, 1.82) is 0 Å². The molecule has 8 nitrogen and oxygen atoms in total. The second kappa shape index (κ2) is 7.16. The van der Waals surface area contributed by atoms with Gasteiger partial charge in [0.05, 0.1) is 5.69 Å². The Balaban J connectivity index is 1.57. The Labute approximate surface area is 178 Å². The Hall–Kier alpha value is -3.81. The molecule has 2 aromatic carbocycles. The predicted octanol–water partition coefficient (Wildman–Crippen LogP) is 2.83. The van der Waals surface area contributed by atoms with Crippen LogP contribution in [0.25, 0.3) is 11.4 Å². The zero-order chi connectivity index (χ0) is 21.6. The third-order valence-electron chi connectivity index (χ3n) is 5.96. The van der Waals surface area contributed by atoms with Crippen molar-refractivity contribution >= 4 is 23.2 Å². The van der Waals surface area contributed by atoms with Gasteiger partial charge in [0.2, 0.25) is 11.8 Å². The fourth-order valence-electron chi connectivity index (χ4n) is 4.51. The standard InChI is InChI=1S/C23H21N5O3/c1-15-22(31)25-21-17-9-5-6-10-18(17)27-20(30)12-14-23(27,28(21)26-15)13-11-19(29)24-16-7-3-2-4-8-16/h2-10H,11-14H2,1H3,(H,24,29). The lowest BCUT2D eigenvalue weighted by Gasteiger charge is -2.44. The summed E-state index contributed by atoms with van der Waals surface area (Å²) >= 11 is 0. The zero-order valence-electron chi connectivity index (χ0n) is 17.0. The molecule has 1 aromatic heterocycles. The molecule has 1 unspecified atom stereocenters.